The highest BCUT2D eigenvalue weighted by Gasteiger charge is 2.15. The van der Waals surface area contributed by atoms with Gasteiger partial charge in [0.15, 0.2) is 0 Å². The number of hydrogen-bond donors (Lipinski definition) is 3. The molecule has 2 aromatic rings. The number of nitrogens with zero attached hydrogens (tertiary/aromatic N) is 1. The largest absolute Gasteiger partial charge is 0.383 e. The van der Waals surface area contributed by atoms with E-state index in [0.717, 1.165) is 4.47 Å². The fraction of sp³-hybridized carbons (Fsp3) is 0.176. The molecule has 0 aliphatic rings. The molecular formula is C17H17BrN4O4. The molecule has 0 fully saturated rings. The summed E-state index contributed by atoms with van der Waals surface area (Å²) in [5.41, 5.74) is 0.976. The highest BCUT2D eigenvalue weighted by atomic mass is 79.9. The van der Waals surface area contributed by atoms with Crippen LogP contribution in [0.2, 0.25) is 0 Å². The molecule has 0 saturated heterocycles. The monoisotopic (exact) mass is 420 g/mol. The van der Waals surface area contributed by atoms with Crippen molar-refractivity contribution in [3.8, 4) is 0 Å². The van der Waals surface area contributed by atoms with Gasteiger partial charge in [-0.1, -0.05) is 22.0 Å². The summed E-state index contributed by atoms with van der Waals surface area (Å²) in [7, 11) is 1.45. The molecule has 0 atom stereocenters. The van der Waals surface area contributed by atoms with Crippen LogP contribution in [0.4, 0.5) is 11.4 Å². The van der Waals surface area contributed by atoms with Gasteiger partial charge in [0.25, 0.3) is 17.5 Å². The average molecular weight is 421 g/mol. The molecule has 0 unspecified atom stereocenters. The van der Waals surface area contributed by atoms with Crippen LogP contribution in [0.5, 0.6) is 0 Å². The van der Waals surface area contributed by atoms with E-state index in [2.05, 4.69) is 31.9 Å². The molecule has 8 nitrogen and oxygen atoms in total. The molecule has 0 spiro atoms. The summed E-state index contributed by atoms with van der Waals surface area (Å²) in [6.07, 6.45) is 0. The Morgan fingerprint density at radius 1 is 1.12 bits per heavy atom. The Kier molecular flexibility index (Phi) is 6.67. The predicted molar refractivity (Wildman–Crippen MR) is 101 cm³/mol. The summed E-state index contributed by atoms with van der Waals surface area (Å²) < 4.78 is 0.810. The third kappa shape index (κ3) is 5.03. The van der Waals surface area contributed by atoms with Crippen molar-refractivity contribution in [2.75, 3.05) is 25.5 Å². The van der Waals surface area contributed by atoms with E-state index in [1.165, 1.54) is 25.2 Å². The van der Waals surface area contributed by atoms with Gasteiger partial charge in [0.2, 0.25) is 0 Å². The summed E-state index contributed by atoms with van der Waals surface area (Å²) in [6, 6.07) is 11.0. The van der Waals surface area contributed by atoms with Gasteiger partial charge in [-0.3, -0.25) is 19.7 Å². The lowest BCUT2D eigenvalue weighted by atomic mass is 10.1. The topological polar surface area (TPSA) is 113 Å². The zero-order valence-corrected chi connectivity index (χ0v) is 15.5. The molecule has 9 heteroatoms. The maximum atomic E-state index is 12.1. The molecule has 0 aromatic heterocycles. The lowest BCUT2D eigenvalue weighted by Crippen LogP contribution is -2.29. The fourth-order valence-electron chi connectivity index (χ4n) is 2.23. The second-order valence-electron chi connectivity index (χ2n) is 5.26. The van der Waals surface area contributed by atoms with E-state index in [4.69, 9.17) is 0 Å². The summed E-state index contributed by atoms with van der Waals surface area (Å²) in [5, 5.41) is 19.1. The summed E-state index contributed by atoms with van der Waals surface area (Å²) in [4.78, 5) is 34.3. The quantitative estimate of drug-likeness (QED) is 0.361. The molecule has 2 rings (SSSR count). The molecule has 0 aliphatic heterocycles. The van der Waals surface area contributed by atoms with Crippen molar-refractivity contribution in [3.63, 3.8) is 0 Å². The minimum atomic E-state index is -0.561. The molecule has 0 radical (unpaired) electrons. The van der Waals surface area contributed by atoms with Crippen molar-refractivity contribution in [2.45, 2.75) is 0 Å². The number of nitro groups is 1. The van der Waals surface area contributed by atoms with Crippen LogP contribution in [-0.2, 0) is 0 Å². The van der Waals surface area contributed by atoms with Crippen molar-refractivity contribution in [2.24, 2.45) is 0 Å². The van der Waals surface area contributed by atoms with Crippen LogP contribution in [0.1, 0.15) is 20.7 Å². The normalized spacial score (nSPS) is 10.1. The first-order valence-corrected chi connectivity index (χ1v) is 8.50. The molecular weight excluding hydrogens is 404 g/mol. The van der Waals surface area contributed by atoms with Gasteiger partial charge >= 0.3 is 0 Å². The zero-order valence-electron chi connectivity index (χ0n) is 13.9. The van der Waals surface area contributed by atoms with E-state index in [1.54, 1.807) is 18.2 Å². The SMILES string of the molecule is CNC(=O)c1cc([N+](=O)[O-])ccc1NCCNC(=O)c1cccc(Br)c1. The van der Waals surface area contributed by atoms with E-state index >= 15 is 0 Å². The second-order valence-corrected chi connectivity index (χ2v) is 6.17. The van der Waals surface area contributed by atoms with Gasteiger partial charge in [-0.05, 0) is 24.3 Å². The number of benzene rings is 2. The first-order valence-electron chi connectivity index (χ1n) is 7.70. The second kappa shape index (κ2) is 8.95. The average Bonchev–Trinajstić information content (AvgIpc) is 2.64. The van der Waals surface area contributed by atoms with Gasteiger partial charge in [-0.25, -0.2) is 0 Å². The van der Waals surface area contributed by atoms with Crippen molar-refractivity contribution < 1.29 is 14.5 Å². The number of nitro benzene ring substituents is 1. The van der Waals surface area contributed by atoms with Crippen LogP contribution in [0.15, 0.2) is 46.9 Å². The highest BCUT2D eigenvalue weighted by Crippen LogP contribution is 2.22. The van der Waals surface area contributed by atoms with Gasteiger partial charge in [0.1, 0.15) is 0 Å². The number of nitrogens with one attached hydrogen (secondary N) is 3. The number of anilines is 1. The summed E-state index contributed by atoms with van der Waals surface area (Å²) in [5.74, 6) is -0.655. The third-order valence-corrected chi connectivity index (χ3v) is 3.99. The van der Waals surface area contributed by atoms with E-state index < -0.39 is 10.8 Å². The molecule has 26 heavy (non-hydrogen) atoms. The van der Waals surface area contributed by atoms with Gasteiger partial charge in [0, 0.05) is 48.0 Å². The van der Waals surface area contributed by atoms with Gasteiger partial charge in [0.05, 0.1) is 10.5 Å². The van der Waals surface area contributed by atoms with E-state index in [1.807, 2.05) is 6.07 Å². The number of carbonyl (C=O) groups is 2. The lowest BCUT2D eigenvalue weighted by Gasteiger charge is -2.12. The van der Waals surface area contributed by atoms with Crippen LogP contribution < -0.4 is 16.0 Å². The smallest absolute Gasteiger partial charge is 0.270 e. The number of amides is 2. The Labute approximate surface area is 158 Å². The Morgan fingerprint density at radius 3 is 2.54 bits per heavy atom. The minimum absolute atomic E-state index is 0.167. The predicted octanol–water partition coefficient (Wildman–Crippen LogP) is 2.56. The molecule has 0 heterocycles. The standard InChI is InChI=1S/C17H17BrN4O4/c1-19-17(24)14-10-13(22(25)26)5-6-15(14)20-7-8-21-16(23)11-3-2-4-12(18)9-11/h2-6,9-10,20H,7-8H2,1H3,(H,19,24)(H,21,23). The van der Waals surface area contributed by atoms with Crippen LogP contribution in [-0.4, -0.2) is 36.9 Å². The number of non-ortho nitro benzene ring substituents is 1. The summed E-state index contributed by atoms with van der Waals surface area (Å²) >= 11 is 3.31. The first-order chi connectivity index (χ1) is 12.4. The molecule has 0 aliphatic carbocycles. The van der Waals surface area contributed by atoms with Crippen LogP contribution in [0, 0.1) is 10.1 Å². The number of rotatable bonds is 7. The number of halogens is 1. The fourth-order valence-corrected chi connectivity index (χ4v) is 2.63. The first kappa shape index (κ1) is 19.4. The van der Waals surface area contributed by atoms with E-state index in [-0.39, 0.29) is 17.2 Å². The van der Waals surface area contributed by atoms with Crippen molar-refractivity contribution in [3.05, 3.63) is 68.2 Å². The van der Waals surface area contributed by atoms with Crippen molar-refractivity contribution in [1.29, 1.82) is 0 Å². The Morgan fingerprint density at radius 2 is 1.88 bits per heavy atom. The Balaban J connectivity index is 1.97. The van der Waals surface area contributed by atoms with Crippen LogP contribution in [0.3, 0.4) is 0 Å². The van der Waals surface area contributed by atoms with Gasteiger partial charge in [-0.2, -0.15) is 0 Å². The maximum absolute atomic E-state index is 12.1. The number of carbonyl (C=O) groups excluding carboxylic acids is 2. The van der Waals surface area contributed by atoms with Gasteiger partial charge in [-0.15, -0.1) is 0 Å². The highest BCUT2D eigenvalue weighted by molar-refractivity contribution is 9.10. The zero-order chi connectivity index (χ0) is 19.1. The molecule has 3 N–H and O–H groups in total. The van der Waals surface area contributed by atoms with Gasteiger partial charge < -0.3 is 16.0 Å². The maximum Gasteiger partial charge on any atom is 0.270 e. The summed E-state index contributed by atoms with van der Waals surface area (Å²) in [6.45, 7) is 0.664. The minimum Gasteiger partial charge on any atom is -0.383 e. The number of hydrogen-bond acceptors (Lipinski definition) is 5. The molecule has 2 aromatic carbocycles. The Bertz CT molecular complexity index is 841. The molecule has 2 amide bonds. The molecule has 0 bridgehead atoms. The van der Waals surface area contributed by atoms with Crippen molar-refractivity contribution >= 4 is 39.1 Å². The van der Waals surface area contributed by atoms with Crippen molar-refractivity contribution in [1.82, 2.24) is 10.6 Å². The Hall–Kier alpha value is -2.94. The third-order valence-electron chi connectivity index (χ3n) is 3.50. The lowest BCUT2D eigenvalue weighted by molar-refractivity contribution is -0.384. The van der Waals surface area contributed by atoms with E-state index in [0.29, 0.717) is 24.3 Å². The van der Waals surface area contributed by atoms with Crippen LogP contribution >= 0.6 is 15.9 Å². The molecule has 136 valence electrons. The van der Waals surface area contributed by atoms with Crippen LogP contribution in [0.25, 0.3) is 0 Å². The van der Waals surface area contributed by atoms with E-state index in [9.17, 15) is 19.7 Å². The molecule has 0 saturated carbocycles.